The van der Waals surface area contributed by atoms with Crippen molar-refractivity contribution in [2.75, 3.05) is 49.3 Å². The molecule has 8 heteroatoms. The summed E-state index contributed by atoms with van der Waals surface area (Å²) in [5.74, 6) is -0.666. The predicted octanol–water partition coefficient (Wildman–Crippen LogP) is 5.02. The van der Waals surface area contributed by atoms with E-state index in [0.717, 1.165) is 45.2 Å². The van der Waals surface area contributed by atoms with Crippen LogP contribution in [0.15, 0.2) is 36.4 Å². The first kappa shape index (κ1) is 24.5. The second kappa shape index (κ2) is 10.3. The molecule has 182 valence electrons. The monoisotopic (exact) mass is 486 g/mol. The topological polar surface area (TPSA) is 55.9 Å². The molecule has 2 aromatic rings. The van der Waals surface area contributed by atoms with Crippen molar-refractivity contribution in [1.29, 1.82) is 0 Å². The maximum absolute atomic E-state index is 15.0. The Bertz CT molecular complexity index is 1070. The van der Waals surface area contributed by atoms with E-state index < -0.39 is 0 Å². The SMILES string of the molecule is CN(C(=O)c1ccc(NC(=O)C2CCCC2)cc1Cl)c1ccc(N2CCC(N(C)C)C2)c(F)c1. The highest BCUT2D eigenvalue weighted by molar-refractivity contribution is 6.35. The Kier molecular flexibility index (Phi) is 7.43. The highest BCUT2D eigenvalue weighted by Crippen LogP contribution is 2.31. The van der Waals surface area contributed by atoms with Gasteiger partial charge in [-0.3, -0.25) is 9.59 Å². The summed E-state index contributed by atoms with van der Waals surface area (Å²) in [4.78, 5) is 31.1. The van der Waals surface area contributed by atoms with Gasteiger partial charge in [-0.15, -0.1) is 0 Å². The van der Waals surface area contributed by atoms with Crippen LogP contribution in [0.25, 0.3) is 0 Å². The molecule has 1 unspecified atom stereocenters. The Morgan fingerprint density at radius 2 is 1.79 bits per heavy atom. The molecule has 0 aromatic heterocycles. The third-order valence-corrected chi connectivity index (χ3v) is 7.36. The van der Waals surface area contributed by atoms with Crippen LogP contribution in [0.5, 0.6) is 0 Å². The van der Waals surface area contributed by atoms with E-state index in [1.54, 1.807) is 37.4 Å². The van der Waals surface area contributed by atoms with Gasteiger partial charge in [0, 0.05) is 43.5 Å². The summed E-state index contributed by atoms with van der Waals surface area (Å²) in [6.07, 6.45) is 4.96. The standard InChI is InChI=1S/C26H32ClFN4O2/c1-30(2)20-12-13-32(16-20)24-11-9-19(15-23(24)28)31(3)26(34)21-10-8-18(14-22(21)27)29-25(33)17-6-4-5-7-17/h8-11,14-15,17,20H,4-7,12-13,16H2,1-3H3,(H,29,33). The van der Waals surface area contributed by atoms with Gasteiger partial charge in [0.05, 0.1) is 16.3 Å². The lowest BCUT2D eigenvalue weighted by atomic mass is 10.1. The van der Waals surface area contributed by atoms with Gasteiger partial charge in [-0.25, -0.2) is 4.39 Å². The van der Waals surface area contributed by atoms with E-state index in [4.69, 9.17) is 11.6 Å². The van der Waals surface area contributed by atoms with Gasteiger partial charge in [-0.2, -0.15) is 0 Å². The lowest BCUT2D eigenvalue weighted by Crippen LogP contribution is -2.31. The molecule has 1 aliphatic heterocycles. The van der Waals surface area contributed by atoms with Gasteiger partial charge in [0.15, 0.2) is 0 Å². The summed E-state index contributed by atoms with van der Waals surface area (Å²) < 4.78 is 15.0. The first-order valence-corrected chi connectivity index (χ1v) is 12.2. The van der Waals surface area contributed by atoms with Crippen LogP contribution in [-0.4, -0.2) is 57.0 Å². The third-order valence-electron chi connectivity index (χ3n) is 7.05. The molecular weight excluding hydrogens is 455 g/mol. The molecule has 1 aliphatic carbocycles. The van der Waals surface area contributed by atoms with Crippen molar-refractivity contribution in [3.8, 4) is 0 Å². The molecule has 34 heavy (non-hydrogen) atoms. The number of halogens is 2. The van der Waals surface area contributed by atoms with Gasteiger partial charge >= 0.3 is 0 Å². The molecule has 6 nitrogen and oxygen atoms in total. The first-order valence-electron chi connectivity index (χ1n) is 11.8. The fourth-order valence-corrected chi connectivity index (χ4v) is 5.10. The van der Waals surface area contributed by atoms with Crippen LogP contribution < -0.4 is 15.1 Å². The van der Waals surface area contributed by atoms with Crippen LogP contribution in [0.1, 0.15) is 42.5 Å². The van der Waals surface area contributed by atoms with Crippen LogP contribution in [0.3, 0.4) is 0 Å². The minimum absolute atomic E-state index is 0.00442. The summed E-state index contributed by atoms with van der Waals surface area (Å²) in [5, 5.41) is 3.14. The van der Waals surface area contributed by atoms with E-state index in [-0.39, 0.29) is 28.6 Å². The average molecular weight is 487 g/mol. The minimum atomic E-state index is -0.354. The van der Waals surface area contributed by atoms with Gasteiger partial charge in [0.25, 0.3) is 5.91 Å². The van der Waals surface area contributed by atoms with Gasteiger partial charge in [-0.05, 0) is 69.8 Å². The predicted molar refractivity (Wildman–Crippen MR) is 135 cm³/mol. The second-order valence-corrected chi connectivity index (χ2v) is 9.92. The van der Waals surface area contributed by atoms with E-state index >= 15 is 0 Å². The van der Waals surface area contributed by atoms with Crippen LogP contribution in [0.2, 0.25) is 5.02 Å². The number of carbonyl (C=O) groups is 2. The Labute approximate surface area is 205 Å². The zero-order valence-corrected chi connectivity index (χ0v) is 20.7. The summed E-state index contributed by atoms with van der Waals surface area (Å²) in [5.41, 5.74) is 1.86. The molecule has 2 aromatic carbocycles. The number of rotatable bonds is 6. The van der Waals surface area contributed by atoms with Crippen molar-refractivity contribution < 1.29 is 14.0 Å². The largest absolute Gasteiger partial charge is 0.368 e. The van der Waals surface area contributed by atoms with Gasteiger partial charge in [-0.1, -0.05) is 24.4 Å². The number of hydrogen-bond acceptors (Lipinski definition) is 4. The second-order valence-electron chi connectivity index (χ2n) is 9.52. The molecule has 2 fully saturated rings. The molecular formula is C26H32ClFN4O2. The van der Waals surface area contributed by atoms with Gasteiger partial charge < -0.3 is 20.0 Å². The Morgan fingerprint density at radius 1 is 1.06 bits per heavy atom. The van der Waals surface area contributed by atoms with Crippen molar-refractivity contribution in [3.05, 3.63) is 52.8 Å². The molecule has 1 N–H and O–H groups in total. The number of anilines is 3. The normalized spacial score (nSPS) is 18.5. The maximum atomic E-state index is 15.0. The number of nitrogens with zero attached hydrogens (tertiary/aromatic N) is 3. The molecule has 4 rings (SSSR count). The average Bonchev–Trinajstić information content (AvgIpc) is 3.51. The Hall–Kier alpha value is -2.64. The van der Waals surface area contributed by atoms with Crippen molar-refractivity contribution in [3.63, 3.8) is 0 Å². The van der Waals surface area contributed by atoms with Crippen molar-refractivity contribution in [1.82, 2.24) is 4.90 Å². The molecule has 0 bridgehead atoms. The minimum Gasteiger partial charge on any atom is -0.368 e. The molecule has 1 atom stereocenters. The van der Waals surface area contributed by atoms with E-state index in [0.29, 0.717) is 28.7 Å². The van der Waals surface area contributed by atoms with Crippen molar-refractivity contribution >= 4 is 40.5 Å². The highest BCUT2D eigenvalue weighted by Gasteiger charge is 2.27. The number of carbonyl (C=O) groups excluding carboxylic acids is 2. The molecule has 1 heterocycles. The number of nitrogens with one attached hydrogen (secondary N) is 1. The lowest BCUT2D eigenvalue weighted by Gasteiger charge is -2.24. The van der Waals surface area contributed by atoms with Gasteiger partial charge in [0.1, 0.15) is 5.82 Å². The highest BCUT2D eigenvalue weighted by atomic mass is 35.5. The Balaban J connectivity index is 1.44. The van der Waals surface area contributed by atoms with E-state index in [1.807, 2.05) is 19.0 Å². The number of benzene rings is 2. The Morgan fingerprint density at radius 3 is 2.41 bits per heavy atom. The van der Waals surface area contributed by atoms with Crippen LogP contribution in [0.4, 0.5) is 21.5 Å². The van der Waals surface area contributed by atoms with Crippen LogP contribution in [-0.2, 0) is 4.79 Å². The number of hydrogen-bond donors (Lipinski definition) is 1. The summed E-state index contributed by atoms with van der Waals surface area (Å²) in [6, 6.07) is 10.1. The summed E-state index contributed by atoms with van der Waals surface area (Å²) in [7, 11) is 5.67. The summed E-state index contributed by atoms with van der Waals surface area (Å²) in [6.45, 7) is 1.57. The lowest BCUT2D eigenvalue weighted by molar-refractivity contribution is -0.119. The summed E-state index contributed by atoms with van der Waals surface area (Å²) >= 11 is 6.40. The third kappa shape index (κ3) is 5.20. The van der Waals surface area contributed by atoms with Gasteiger partial charge in [0.2, 0.25) is 5.91 Å². The van der Waals surface area contributed by atoms with Crippen molar-refractivity contribution in [2.24, 2.45) is 5.92 Å². The maximum Gasteiger partial charge on any atom is 0.259 e. The zero-order valence-electron chi connectivity index (χ0n) is 20.0. The quantitative estimate of drug-likeness (QED) is 0.622. The molecule has 1 saturated carbocycles. The van der Waals surface area contributed by atoms with Crippen LogP contribution >= 0.6 is 11.6 Å². The zero-order chi connectivity index (χ0) is 24.4. The van der Waals surface area contributed by atoms with E-state index in [9.17, 15) is 14.0 Å². The molecule has 0 radical (unpaired) electrons. The fraction of sp³-hybridized carbons (Fsp3) is 0.462. The molecule has 0 spiro atoms. The molecule has 2 aliphatic rings. The first-order chi connectivity index (χ1) is 16.2. The smallest absolute Gasteiger partial charge is 0.259 e. The fourth-order valence-electron chi connectivity index (χ4n) is 4.84. The van der Waals surface area contributed by atoms with Crippen LogP contribution in [0, 0.1) is 11.7 Å². The number of likely N-dealkylation sites (N-methyl/N-ethyl adjacent to an activating group) is 1. The van der Waals surface area contributed by atoms with Crippen molar-refractivity contribution in [2.45, 2.75) is 38.1 Å². The van der Waals surface area contributed by atoms with E-state index in [2.05, 4.69) is 10.2 Å². The molecule has 1 saturated heterocycles. The van der Waals surface area contributed by atoms with E-state index in [1.165, 1.54) is 11.0 Å². The molecule has 2 amide bonds. The number of amides is 2.